The summed E-state index contributed by atoms with van der Waals surface area (Å²) in [5, 5.41) is 100. The van der Waals surface area contributed by atoms with Gasteiger partial charge in [0.15, 0.2) is 12.6 Å². The number of rotatable bonds is 10. The molecule has 0 aromatic carbocycles. The van der Waals surface area contributed by atoms with E-state index in [2.05, 4.69) is 33.8 Å². The Morgan fingerprint density at radius 3 is 2.13 bits per heavy atom. The van der Waals surface area contributed by atoms with Gasteiger partial charge in [0.2, 0.25) is 0 Å². The lowest BCUT2D eigenvalue weighted by Gasteiger charge is -2.68. The lowest BCUT2D eigenvalue weighted by atomic mass is 9.39. The first kappa shape index (κ1) is 43.8. The lowest BCUT2D eigenvalue weighted by molar-refractivity contribution is -0.379. The molecule has 318 valence electrons. The van der Waals surface area contributed by atoms with Gasteiger partial charge in [-0.1, -0.05) is 46.3 Å². The Kier molecular flexibility index (Phi) is 12.7. The SMILES string of the molecule is CC/C(C)=C/CC[C@](C)(O)[C@@H]1CC[C@@]2(C)[C@H]1[C@@H](O)C[C@@H]1[C@H]2C[C@@H](O[C@@H]2O[C@H](CO)[C@@H](O)[C@H](O)[C@H]2O[C@@H]2O[C@@H](C)[C@H](O)[C@@H](O)[C@H]2O)[C@@H]2C(C)(C)[C@H](O)CC[C@]12C. The van der Waals surface area contributed by atoms with Crippen molar-refractivity contribution < 1.29 is 64.9 Å². The quantitative estimate of drug-likeness (QED) is 0.115. The van der Waals surface area contributed by atoms with Gasteiger partial charge in [0.25, 0.3) is 0 Å². The van der Waals surface area contributed by atoms with Crippen molar-refractivity contribution in [1.82, 2.24) is 0 Å². The molecule has 6 aliphatic rings. The fourth-order valence-corrected chi connectivity index (χ4v) is 12.9. The number of allylic oxidation sites excluding steroid dienone is 2. The molecule has 0 spiro atoms. The van der Waals surface area contributed by atoms with Crippen LogP contribution in [0.4, 0.5) is 0 Å². The average molecular weight is 785 g/mol. The van der Waals surface area contributed by atoms with Crippen molar-refractivity contribution in [3.8, 4) is 0 Å². The molecule has 9 N–H and O–H groups in total. The van der Waals surface area contributed by atoms with E-state index in [0.717, 1.165) is 25.7 Å². The summed E-state index contributed by atoms with van der Waals surface area (Å²) >= 11 is 0. The summed E-state index contributed by atoms with van der Waals surface area (Å²) in [6.45, 7) is 15.7. The third kappa shape index (κ3) is 7.52. The van der Waals surface area contributed by atoms with Crippen LogP contribution in [-0.2, 0) is 18.9 Å². The van der Waals surface area contributed by atoms with Gasteiger partial charge in [-0.3, -0.25) is 0 Å². The van der Waals surface area contributed by atoms with E-state index in [1.165, 1.54) is 12.5 Å². The Morgan fingerprint density at radius 1 is 0.818 bits per heavy atom. The Labute approximate surface area is 327 Å². The van der Waals surface area contributed by atoms with Gasteiger partial charge in [-0.05, 0) is 124 Å². The monoisotopic (exact) mass is 784 g/mol. The van der Waals surface area contributed by atoms with Gasteiger partial charge in [-0.2, -0.15) is 0 Å². The molecule has 2 saturated heterocycles. The third-order valence-electron chi connectivity index (χ3n) is 16.2. The molecular weight excluding hydrogens is 712 g/mol. The van der Waals surface area contributed by atoms with Crippen molar-refractivity contribution in [3.05, 3.63) is 11.6 Å². The molecule has 0 bridgehead atoms. The van der Waals surface area contributed by atoms with Crippen LogP contribution in [0.25, 0.3) is 0 Å². The van der Waals surface area contributed by atoms with E-state index in [1.807, 2.05) is 20.8 Å². The molecule has 6 fully saturated rings. The zero-order valence-corrected chi connectivity index (χ0v) is 34.2. The van der Waals surface area contributed by atoms with Gasteiger partial charge in [-0.15, -0.1) is 0 Å². The zero-order chi connectivity index (χ0) is 40.6. The van der Waals surface area contributed by atoms with Crippen LogP contribution in [0.3, 0.4) is 0 Å². The van der Waals surface area contributed by atoms with E-state index >= 15 is 0 Å². The first-order chi connectivity index (χ1) is 25.6. The molecule has 6 rings (SSSR count). The Hall–Kier alpha value is -0.780. The average Bonchev–Trinajstić information content (AvgIpc) is 3.51. The van der Waals surface area contributed by atoms with Gasteiger partial charge in [-0.25, -0.2) is 0 Å². The van der Waals surface area contributed by atoms with Crippen LogP contribution in [0.2, 0.25) is 0 Å². The molecule has 0 aromatic rings. The van der Waals surface area contributed by atoms with Crippen LogP contribution < -0.4 is 0 Å². The molecule has 0 radical (unpaired) electrons. The fraction of sp³-hybridized carbons (Fsp3) is 0.952. The molecule has 13 heteroatoms. The minimum atomic E-state index is -1.69. The predicted molar refractivity (Wildman–Crippen MR) is 201 cm³/mol. The molecule has 0 amide bonds. The van der Waals surface area contributed by atoms with E-state index in [4.69, 9.17) is 18.9 Å². The highest BCUT2D eigenvalue weighted by atomic mass is 16.8. The maximum atomic E-state index is 12.2. The first-order valence-electron chi connectivity index (χ1n) is 21.0. The molecule has 2 heterocycles. The minimum absolute atomic E-state index is 0.0642. The third-order valence-corrected chi connectivity index (χ3v) is 16.2. The number of hydrogen-bond donors (Lipinski definition) is 9. The number of hydrogen-bond acceptors (Lipinski definition) is 13. The van der Waals surface area contributed by atoms with Crippen LogP contribution in [0.15, 0.2) is 11.6 Å². The Balaban J connectivity index is 1.34. The number of aliphatic hydroxyl groups is 9. The maximum Gasteiger partial charge on any atom is 0.187 e. The summed E-state index contributed by atoms with van der Waals surface area (Å²) in [5.41, 5.74) is -1.07. The van der Waals surface area contributed by atoms with E-state index in [1.54, 1.807) is 0 Å². The smallest absolute Gasteiger partial charge is 0.187 e. The van der Waals surface area contributed by atoms with Gasteiger partial charge in [0.05, 0.1) is 36.6 Å². The van der Waals surface area contributed by atoms with Gasteiger partial charge >= 0.3 is 0 Å². The number of fused-ring (bicyclic) bond motifs is 5. The summed E-state index contributed by atoms with van der Waals surface area (Å²) in [7, 11) is 0. The summed E-state index contributed by atoms with van der Waals surface area (Å²) in [6.07, 6.45) is -7.68. The Morgan fingerprint density at radius 2 is 1.47 bits per heavy atom. The van der Waals surface area contributed by atoms with Gasteiger partial charge in [0, 0.05) is 0 Å². The van der Waals surface area contributed by atoms with Crippen molar-refractivity contribution in [1.29, 1.82) is 0 Å². The van der Waals surface area contributed by atoms with Crippen LogP contribution in [0, 0.1) is 45.8 Å². The molecule has 13 nitrogen and oxygen atoms in total. The predicted octanol–water partition coefficient (Wildman–Crippen LogP) is 2.15. The molecule has 4 saturated carbocycles. The van der Waals surface area contributed by atoms with Crippen molar-refractivity contribution in [2.24, 2.45) is 45.8 Å². The zero-order valence-electron chi connectivity index (χ0n) is 34.2. The van der Waals surface area contributed by atoms with E-state index in [0.29, 0.717) is 32.1 Å². The van der Waals surface area contributed by atoms with Crippen LogP contribution in [-0.4, -0.2) is 138 Å². The molecule has 0 unspecified atom stereocenters. The molecule has 21 atom stereocenters. The standard InChI is InChI=1S/C42H72O13/c1-9-20(2)11-10-14-42(8,51)22-12-15-40(6)24-18-26(36-39(4,5)28(45)13-16-41(36,7)23(24)17-25(44)29(22)40)53-38-35(33(49)31(47)27(19-43)54-38)55-37-34(50)32(48)30(46)21(3)52-37/h11,21-38,43-51H,9-10,12-19H2,1-8H3/b20-11+/t21-,22+,23+,24+,25-,26+,27+,28+,29+,30-,31+,32+,33-,34+,35+,36+,37-,38+,40+,41+,42-/m0/s1. The first-order valence-corrected chi connectivity index (χ1v) is 21.0. The molecular formula is C42H72O13. The number of aliphatic hydroxyl groups excluding tert-OH is 8. The van der Waals surface area contributed by atoms with E-state index < -0.39 is 103 Å². The highest BCUT2D eigenvalue weighted by Crippen LogP contribution is 2.71. The number of ether oxygens (including phenoxy) is 4. The van der Waals surface area contributed by atoms with Crippen LogP contribution in [0.1, 0.15) is 113 Å². The topological polar surface area (TPSA) is 219 Å². The summed E-state index contributed by atoms with van der Waals surface area (Å²) in [4.78, 5) is 0. The van der Waals surface area contributed by atoms with Crippen molar-refractivity contribution in [3.63, 3.8) is 0 Å². The van der Waals surface area contributed by atoms with Gasteiger partial charge < -0.3 is 64.9 Å². The lowest BCUT2D eigenvalue weighted by Crippen LogP contribution is -2.68. The maximum absolute atomic E-state index is 12.2. The largest absolute Gasteiger partial charge is 0.394 e. The second-order valence-electron chi connectivity index (χ2n) is 19.8. The summed E-state index contributed by atoms with van der Waals surface area (Å²) < 4.78 is 25.0. The molecule has 4 aliphatic carbocycles. The van der Waals surface area contributed by atoms with Crippen molar-refractivity contribution in [2.75, 3.05) is 6.61 Å². The minimum Gasteiger partial charge on any atom is -0.394 e. The van der Waals surface area contributed by atoms with E-state index in [-0.39, 0.29) is 35.0 Å². The van der Waals surface area contributed by atoms with Crippen LogP contribution >= 0.6 is 0 Å². The van der Waals surface area contributed by atoms with Gasteiger partial charge in [0.1, 0.15) is 42.7 Å². The normalized spacial score (nSPS) is 52.5. The van der Waals surface area contributed by atoms with Crippen molar-refractivity contribution >= 4 is 0 Å². The molecule has 55 heavy (non-hydrogen) atoms. The second-order valence-corrected chi connectivity index (χ2v) is 19.8. The fourth-order valence-electron chi connectivity index (χ4n) is 12.9. The Bertz CT molecular complexity index is 1360. The highest BCUT2D eigenvalue weighted by molar-refractivity contribution is 5.18. The van der Waals surface area contributed by atoms with E-state index in [9.17, 15) is 46.0 Å². The van der Waals surface area contributed by atoms with Crippen molar-refractivity contribution in [2.45, 2.75) is 199 Å². The molecule has 2 aliphatic heterocycles. The highest BCUT2D eigenvalue weighted by Gasteiger charge is 2.69. The molecule has 0 aromatic heterocycles. The second kappa shape index (κ2) is 16.0. The summed E-state index contributed by atoms with van der Waals surface area (Å²) in [6, 6.07) is 0. The summed E-state index contributed by atoms with van der Waals surface area (Å²) in [5.74, 6) is -0.335. The van der Waals surface area contributed by atoms with Crippen LogP contribution in [0.5, 0.6) is 0 Å².